The molecule has 186 valence electrons. The molecule has 0 spiro atoms. The summed E-state index contributed by atoms with van der Waals surface area (Å²) in [7, 11) is -6.16. The molecule has 0 amide bonds. The van der Waals surface area contributed by atoms with E-state index in [9.17, 15) is 0 Å². The Hall–Kier alpha value is -2.09. The van der Waals surface area contributed by atoms with Crippen molar-refractivity contribution in [2.75, 3.05) is 0 Å². The van der Waals surface area contributed by atoms with Gasteiger partial charge in [-0.05, 0) is 68.1 Å². The minimum absolute atomic E-state index is 1.17. The highest BCUT2D eigenvalue weighted by atomic mass is 28.3. The Morgan fingerprint density at radius 2 is 0.778 bits per heavy atom. The average Bonchev–Trinajstić information content (AvgIpc) is 3.20. The van der Waals surface area contributed by atoms with Crippen LogP contribution in [0.25, 0.3) is 21.5 Å². The minimum Gasteiger partial charge on any atom is -0.127 e. The zero-order valence-electron chi connectivity index (χ0n) is 24.5. The predicted octanol–water partition coefficient (Wildman–Crippen LogP) is 9.05. The van der Waals surface area contributed by atoms with Crippen LogP contribution in [0, 0.1) is 22.9 Å². The topological polar surface area (TPSA) is 0 Å². The fourth-order valence-electron chi connectivity index (χ4n) is 5.23. The molecule has 4 rings (SSSR count). The Morgan fingerprint density at radius 3 is 1.06 bits per heavy atom. The van der Waals surface area contributed by atoms with E-state index in [-0.39, 0.29) is 0 Å². The number of fused-ring (bicyclic) bond motifs is 5. The van der Waals surface area contributed by atoms with Gasteiger partial charge >= 0.3 is 0 Å². The van der Waals surface area contributed by atoms with Gasteiger partial charge in [0.05, 0.1) is 16.1 Å². The van der Waals surface area contributed by atoms with Crippen LogP contribution >= 0.6 is 0 Å². The first-order chi connectivity index (χ1) is 16.4. The van der Waals surface area contributed by atoms with Crippen molar-refractivity contribution in [3.05, 3.63) is 69.8 Å². The average molecular weight is 539 g/mol. The number of allylic oxidation sites excluding steroid dienone is 2. The largest absolute Gasteiger partial charge is 0.129 e. The van der Waals surface area contributed by atoms with Crippen LogP contribution in [0.15, 0.2) is 36.4 Å². The molecule has 2 aliphatic carbocycles. The number of hydrogen-bond donors (Lipinski definition) is 0. The van der Waals surface area contributed by atoms with Gasteiger partial charge in [-0.1, -0.05) is 103 Å². The van der Waals surface area contributed by atoms with E-state index in [2.05, 4.69) is 138 Å². The van der Waals surface area contributed by atoms with Gasteiger partial charge in [0.15, 0.2) is 0 Å². The van der Waals surface area contributed by atoms with Gasteiger partial charge in [0.2, 0.25) is 0 Å². The third-order valence-electron chi connectivity index (χ3n) is 6.53. The Labute approximate surface area is 224 Å². The van der Waals surface area contributed by atoms with Crippen LogP contribution in [0.1, 0.15) is 33.4 Å². The lowest BCUT2D eigenvalue weighted by Crippen LogP contribution is -2.23. The first-order valence-electron chi connectivity index (χ1n) is 13.2. The van der Waals surface area contributed by atoms with E-state index in [0.29, 0.717) is 0 Å². The summed E-state index contributed by atoms with van der Waals surface area (Å²) >= 11 is 0. The second-order valence-electron chi connectivity index (χ2n) is 14.5. The van der Waals surface area contributed by atoms with E-state index in [1.807, 2.05) is 0 Å². The molecular formula is C32H42Si4. The maximum absolute atomic E-state index is 3.58. The first kappa shape index (κ1) is 27.0. The molecule has 0 bridgehead atoms. The van der Waals surface area contributed by atoms with Gasteiger partial charge in [-0.15, -0.1) is 11.1 Å². The van der Waals surface area contributed by atoms with Crippen LogP contribution in [0.5, 0.6) is 0 Å². The Bertz CT molecular complexity index is 1340. The van der Waals surface area contributed by atoms with E-state index in [1.165, 1.54) is 44.5 Å². The van der Waals surface area contributed by atoms with Crippen molar-refractivity contribution in [2.45, 2.75) is 78.6 Å². The quantitative estimate of drug-likeness (QED) is 0.264. The lowest BCUT2D eigenvalue weighted by atomic mass is 10.0. The highest BCUT2D eigenvalue weighted by molar-refractivity contribution is 6.99. The Kier molecular flexibility index (Phi) is 6.55. The molecule has 2 aromatic rings. The fourth-order valence-corrected chi connectivity index (χ4v) is 10.3. The number of benzene rings is 2. The maximum atomic E-state index is 3.58. The van der Waals surface area contributed by atoms with E-state index >= 15 is 0 Å². The summed E-state index contributed by atoms with van der Waals surface area (Å²) in [5, 5.41) is 3.22. The van der Waals surface area contributed by atoms with Crippen LogP contribution in [-0.2, 0) is 0 Å². The number of hydrogen-bond acceptors (Lipinski definition) is 0. The van der Waals surface area contributed by atoms with Gasteiger partial charge in [0.25, 0.3) is 0 Å². The van der Waals surface area contributed by atoms with Gasteiger partial charge < -0.3 is 0 Å². The Balaban J connectivity index is 2.04. The third kappa shape index (κ3) is 5.29. The molecule has 0 fully saturated rings. The zero-order valence-corrected chi connectivity index (χ0v) is 28.5. The van der Waals surface area contributed by atoms with E-state index < -0.39 is 32.3 Å². The summed E-state index contributed by atoms with van der Waals surface area (Å²) in [6.45, 7) is 28.9. The van der Waals surface area contributed by atoms with Gasteiger partial charge in [-0.25, -0.2) is 0 Å². The molecule has 0 N–H and O–H groups in total. The minimum atomic E-state index is -1.66. The van der Waals surface area contributed by atoms with Gasteiger partial charge in [0.1, 0.15) is 16.1 Å². The van der Waals surface area contributed by atoms with Crippen LogP contribution < -0.4 is 0 Å². The van der Waals surface area contributed by atoms with Crippen molar-refractivity contribution >= 4 is 53.8 Å². The van der Waals surface area contributed by atoms with Crippen molar-refractivity contribution in [3.8, 4) is 22.9 Å². The maximum Gasteiger partial charge on any atom is 0.129 e. The van der Waals surface area contributed by atoms with E-state index in [1.54, 1.807) is 10.4 Å². The zero-order chi connectivity index (χ0) is 26.8. The lowest BCUT2D eigenvalue weighted by molar-refractivity contribution is 1.54. The van der Waals surface area contributed by atoms with Crippen LogP contribution in [0.3, 0.4) is 0 Å². The molecule has 36 heavy (non-hydrogen) atoms. The molecule has 0 radical (unpaired) electrons. The molecule has 2 aromatic carbocycles. The molecule has 0 aliphatic heterocycles. The first-order valence-corrected chi connectivity index (χ1v) is 27.2. The molecule has 0 saturated carbocycles. The summed E-state index contributed by atoms with van der Waals surface area (Å²) < 4.78 is 0. The van der Waals surface area contributed by atoms with Crippen molar-refractivity contribution in [1.29, 1.82) is 0 Å². The monoisotopic (exact) mass is 538 g/mol. The summed E-state index contributed by atoms with van der Waals surface area (Å²) in [6, 6.07) is 14.1. The summed E-state index contributed by atoms with van der Waals surface area (Å²) in [6.07, 6.45) is 0. The highest BCUT2D eigenvalue weighted by Gasteiger charge is 2.43. The second-order valence-corrected chi connectivity index (χ2v) is 34.0. The summed E-state index contributed by atoms with van der Waals surface area (Å²) in [5.41, 5.74) is 18.3. The normalized spacial score (nSPS) is 15.1. The molecule has 2 aliphatic rings. The standard InChI is InChI=1S/C32H42Si4/c1-33(2,3)19-17-23-13-15-25-27(21-23)31(35(7,8)9)30-26-16-14-24(18-20-34(4,5)6)22-28(26)32(29(25)30)36(10,11)12/h13-16,21-22H,1-12H3. The lowest BCUT2D eigenvalue weighted by Gasteiger charge is -2.23. The van der Waals surface area contributed by atoms with Crippen LogP contribution in [0.2, 0.25) is 78.6 Å². The van der Waals surface area contributed by atoms with Gasteiger partial charge in [-0.2, -0.15) is 0 Å². The molecule has 4 heteroatoms. The van der Waals surface area contributed by atoms with E-state index in [4.69, 9.17) is 0 Å². The van der Waals surface area contributed by atoms with Crippen molar-refractivity contribution in [2.24, 2.45) is 0 Å². The molecule has 0 heterocycles. The molecule has 0 atom stereocenters. The smallest absolute Gasteiger partial charge is 0.127 e. The molecular weight excluding hydrogens is 497 g/mol. The number of rotatable bonds is 2. The molecule has 0 saturated heterocycles. The van der Waals surface area contributed by atoms with Crippen molar-refractivity contribution in [1.82, 2.24) is 0 Å². The second kappa shape index (κ2) is 8.74. The van der Waals surface area contributed by atoms with Crippen molar-refractivity contribution < 1.29 is 0 Å². The molecule has 0 aromatic heterocycles. The summed E-state index contributed by atoms with van der Waals surface area (Å²) in [4.78, 5) is 0. The third-order valence-corrected chi connectivity index (χ3v) is 12.3. The van der Waals surface area contributed by atoms with Crippen LogP contribution in [-0.4, -0.2) is 32.3 Å². The van der Waals surface area contributed by atoms with Crippen molar-refractivity contribution in [3.63, 3.8) is 0 Å². The van der Waals surface area contributed by atoms with Gasteiger partial charge in [-0.3, -0.25) is 0 Å². The molecule has 0 nitrogen and oxygen atoms in total. The van der Waals surface area contributed by atoms with Crippen LogP contribution in [0.4, 0.5) is 0 Å². The fraction of sp³-hybridized carbons (Fsp3) is 0.375. The molecule has 0 unspecified atom stereocenters. The highest BCUT2D eigenvalue weighted by Crippen LogP contribution is 2.59. The SMILES string of the molecule is C[Si](C)(C)C#Cc1ccc2c(c1)C([Si](C)(C)C)=C1C2=C([Si](C)(C)C)c2cc(C#C[Si](C)(C)C)ccc21. The summed E-state index contributed by atoms with van der Waals surface area (Å²) in [5.74, 6) is 7.06. The predicted molar refractivity (Wildman–Crippen MR) is 174 cm³/mol. The van der Waals surface area contributed by atoms with E-state index in [0.717, 1.165) is 0 Å². The van der Waals surface area contributed by atoms with Gasteiger partial charge in [0, 0.05) is 11.1 Å². The Morgan fingerprint density at radius 1 is 0.444 bits per heavy atom.